The van der Waals surface area contributed by atoms with Gasteiger partial charge in [-0.15, -0.1) is 11.3 Å². The minimum absolute atomic E-state index is 0.205. The number of nitrogens with one attached hydrogen (secondary N) is 1. The van der Waals surface area contributed by atoms with Crippen molar-refractivity contribution in [3.63, 3.8) is 0 Å². The van der Waals surface area contributed by atoms with E-state index >= 15 is 0 Å². The number of nitrogens with zero attached hydrogens (tertiary/aromatic N) is 1. The van der Waals surface area contributed by atoms with E-state index in [1.165, 1.54) is 6.33 Å². The summed E-state index contributed by atoms with van der Waals surface area (Å²) < 4.78 is 0. The van der Waals surface area contributed by atoms with E-state index in [-0.39, 0.29) is 10.4 Å². The molecule has 2 rings (SSSR count). The normalized spacial score (nSPS) is 10.7. The van der Waals surface area contributed by atoms with Gasteiger partial charge in [0.25, 0.3) is 5.56 Å². The van der Waals surface area contributed by atoms with Gasteiger partial charge in [-0.1, -0.05) is 6.92 Å². The summed E-state index contributed by atoms with van der Waals surface area (Å²) in [5.74, 6) is -1.01. The highest BCUT2D eigenvalue weighted by Crippen LogP contribution is 2.27. The number of hydrogen-bond acceptors (Lipinski definition) is 4. The fourth-order valence-electron chi connectivity index (χ4n) is 1.51. The van der Waals surface area contributed by atoms with Gasteiger partial charge in [0.1, 0.15) is 9.71 Å². The van der Waals surface area contributed by atoms with Crippen LogP contribution in [-0.4, -0.2) is 21.0 Å². The Morgan fingerprint density at radius 1 is 1.67 bits per heavy atom. The van der Waals surface area contributed by atoms with Crippen molar-refractivity contribution in [3.8, 4) is 0 Å². The van der Waals surface area contributed by atoms with E-state index in [1.54, 1.807) is 0 Å². The largest absolute Gasteiger partial charge is 0.477 e. The molecule has 0 saturated carbocycles. The molecule has 0 aromatic carbocycles. The second-order valence-electron chi connectivity index (χ2n) is 2.98. The van der Waals surface area contributed by atoms with Gasteiger partial charge in [0.2, 0.25) is 0 Å². The first kappa shape index (κ1) is 9.85. The van der Waals surface area contributed by atoms with Gasteiger partial charge in [0.15, 0.2) is 0 Å². The standard InChI is InChI=1S/C9H8N2O3S/c1-2-4-5-7(12)10-3-11-8(5)15-6(4)9(13)14/h3H,2H2,1H3,(H,13,14)(H,10,11,12). The molecular formula is C9H8N2O3S. The monoisotopic (exact) mass is 224 g/mol. The van der Waals surface area contributed by atoms with Crippen molar-refractivity contribution in [2.75, 3.05) is 0 Å². The molecule has 2 N–H and O–H groups in total. The second-order valence-corrected chi connectivity index (χ2v) is 3.98. The van der Waals surface area contributed by atoms with Crippen LogP contribution in [0.5, 0.6) is 0 Å². The summed E-state index contributed by atoms with van der Waals surface area (Å²) in [5.41, 5.74) is 0.289. The predicted molar refractivity (Wildman–Crippen MR) is 56.6 cm³/mol. The number of thiophene rings is 1. The maximum atomic E-state index is 11.5. The number of fused-ring (bicyclic) bond motifs is 1. The minimum atomic E-state index is -1.01. The van der Waals surface area contributed by atoms with Crippen molar-refractivity contribution in [1.29, 1.82) is 0 Å². The molecule has 78 valence electrons. The van der Waals surface area contributed by atoms with Gasteiger partial charge in [0.05, 0.1) is 11.7 Å². The molecule has 0 aliphatic heterocycles. The molecule has 0 spiro atoms. The van der Waals surface area contributed by atoms with Crippen LogP contribution in [0.3, 0.4) is 0 Å². The number of carboxylic acid groups (broad SMARTS) is 1. The zero-order chi connectivity index (χ0) is 11.0. The summed E-state index contributed by atoms with van der Waals surface area (Å²) in [7, 11) is 0. The molecule has 0 aliphatic rings. The number of H-pyrrole nitrogens is 1. The van der Waals surface area contributed by atoms with Gasteiger partial charge in [0, 0.05) is 0 Å². The smallest absolute Gasteiger partial charge is 0.346 e. The minimum Gasteiger partial charge on any atom is -0.477 e. The average Bonchev–Trinajstić information content (AvgIpc) is 2.57. The van der Waals surface area contributed by atoms with Crippen LogP contribution >= 0.6 is 11.3 Å². The van der Waals surface area contributed by atoms with Crippen molar-refractivity contribution in [3.05, 3.63) is 27.1 Å². The highest BCUT2D eigenvalue weighted by Gasteiger charge is 2.18. The van der Waals surface area contributed by atoms with E-state index in [0.29, 0.717) is 22.2 Å². The molecule has 0 saturated heterocycles. The molecule has 5 nitrogen and oxygen atoms in total. The van der Waals surface area contributed by atoms with Crippen LogP contribution in [0, 0.1) is 0 Å². The Balaban J connectivity index is 2.92. The number of aryl methyl sites for hydroxylation is 1. The Kier molecular flexibility index (Phi) is 2.28. The first-order valence-corrected chi connectivity index (χ1v) is 5.19. The highest BCUT2D eigenvalue weighted by molar-refractivity contribution is 7.20. The van der Waals surface area contributed by atoms with Crippen LogP contribution in [0.15, 0.2) is 11.1 Å². The van der Waals surface area contributed by atoms with Gasteiger partial charge in [-0.05, 0) is 12.0 Å². The molecule has 0 atom stereocenters. The summed E-state index contributed by atoms with van der Waals surface area (Å²) in [6, 6.07) is 0. The van der Waals surface area contributed by atoms with E-state index in [1.807, 2.05) is 6.92 Å². The van der Waals surface area contributed by atoms with Crippen LogP contribution in [0.4, 0.5) is 0 Å². The highest BCUT2D eigenvalue weighted by atomic mass is 32.1. The maximum Gasteiger partial charge on any atom is 0.346 e. The summed E-state index contributed by atoms with van der Waals surface area (Å²) in [5, 5.41) is 9.36. The van der Waals surface area contributed by atoms with E-state index in [0.717, 1.165) is 11.3 Å². The quantitative estimate of drug-likeness (QED) is 0.804. The molecule has 0 amide bonds. The lowest BCUT2D eigenvalue weighted by atomic mass is 10.1. The fraction of sp³-hybridized carbons (Fsp3) is 0.222. The lowest BCUT2D eigenvalue weighted by molar-refractivity contribution is 0.0701. The van der Waals surface area contributed by atoms with Gasteiger partial charge < -0.3 is 10.1 Å². The molecule has 6 heteroatoms. The van der Waals surface area contributed by atoms with E-state index in [9.17, 15) is 9.59 Å². The summed E-state index contributed by atoms with van der Waals surface area (Å²) >= 11 is 1.04. The van der Waals surface area contributed by atoms with E-state index in [4.69, 9.17) is 5.11 Å². The SMILES string of the molecule is CCc1c(C(=O)O)sc2nc[nH]c(=O)c12. The van der Waals surface area contributed by atoms with Crippen LogP contribution in [0.25, 0.3) is 10.2 Å². The molecule has 0 radical (unpaired) electrons. The second kappa shape index (κ2) is 3.47. The number of aromatic nitrogens is 2. The Morgan fingerprint density at radius 3 is 3.00 bits per heavy atom. The fourth-order valence-corrected chi connectivity index (χ4v) is 2.58. The average molecular weight is 224 g/mol. The maximum absolute atomic E-state index is 11.5. The Morgan fingerprint density at radius 2 is 2.40 bits per heavy atom. The van der Waals surface area contributed by atoms with Crippen LogP contribution in [0.2, 0.25) is 0 Å². The zero-order valence-electron chi connectivity index (χ0n) is 7.90. The lowest BCUT2D eigenvalue weighted by Crippen LogP contribution is -2.07. The third-order valence-electron chi connectivity index (χ3n) is 2.14. The molecule has 2 aromatic rings. The predicted octanol–water partition coefficient (Wildman–Crippen LogP) is 1.25. The number of hydrogen-bond donors (Lipinski definition) is 2. The van der Waals surface area contributed by atoms with Gasteiger partial charge >= 0.3 is 5.97 Å². The Bertz CT molecular complexity index is 585. The molecule has 2 aromatic heterocycles. The first-order valence-electron chi connectivity index (χ1n) is 4.37. The third-order valence-corrected chi connectivity index (χ3v) is 3.27. The lowest BCUT2D eigenvalue weighted by Gasteiger charge is -1.94. The van der Waals surface area contributed by atoms with Crippen molar-refractivity contribution in [2.24, 2.45) is 0 Å². The Labute approximate surface area is 88.4 Å². The molecule has 0 bridgehead atoms. The number of carboxylic acids is 1. The molecule has 15 heavy (non-hydrogen) atoms. The first-order chi connectivity index (χ1) is 7.15. The summed E-state index contributed by atoms with van der Waals surface area (Å²) in [4.78, 5) is 29.5. The number of aromatic carboxylic acids is 1. The zero-order valence-corrected chi connectivity index (χ0v) is 8.72. The van der Waals surface area contributed by atoms with Crippen LogP contribution in [0.1, 0.15) is 22.2 Å². The van der Waals surface area contributed by atoms with E-state index < -0.39 is 5.97 Å². The number of carbonyl (C=O) groups is 1. The molecule has 0 aliphatic carbocycles. The van der Waals surface area contributed by atoms with Crippen LogP contribution in [-0.2, 0) is 6.42 Å². The molecule has 2 heterocycles. The number of rotatable bonds is 2. The van der Waals surface area contributed by atoms with Crippen LogP contribution < -0.4 is 5.56 Å². The van der Waals surface area contributed by atoms with Crippen molar-refractivity contribution in [1.82, 2.24) is 9.97 Å². The number of aromatic amines is 1. The van der Waals surface area contributed by atoms with Crippen molar-refractivity contribution < 1.29 is 9.90 Å². The summed E-state index contributed by atoms with van der Waals surface area (Å²) in [6.07, 6.45) is 1.79. The van der Waals surface area contributed by atoms with Gasteiger partial charge in [-0.25, -0.2) is 9.78 Å². The topological polar surface area (TPSA) is 83.0 Å². The van der Waals surface area contributed by atoms with Gasteiger partial charge in [-0.2, -0.15) is 0 Å². The third kappa shape index (κ3) is 1.42. The van der Waals surface area contributed by atoms with Gasteiger partial charge in [-0.3, -0.25) is 4.79 Å². The molecular weight excluding hydrogens is 216 g/mol. The summed E-state index contributed by atoms with van der Waals surface area (Å²) in [6.45, 7) is 1.82. The van der Waals surface area contributed by atoms with Crippen molar-refractivity contribution >= 4 is 27.5 Å². The Hall–Kier alpha value is -1.69. The molecule has 0 fully saturated rings. The molecule has 0 unspecified atom stereocenters. The van der Waals surface area contributed by atoms with E-state index in [2.05, 4.69) is 9.97 Å². The van der Waals surface area contributed by atoms with Crippen molar-refractivity contribution in [2.45, 2.75) is 13.3 Å².